The van der Waals surface area contributed by atoms with E-state index in [-0.39, 0.29) is 25.6 Å². The lowest BCUT2D eigenvalue weighted by molar-refractivity contribution is -0.332. The number of carbonyl (C=O) groups is 1. The van der Waals surface area contributed by atoms with Crippen molar-refractivity contribution in [3.8, 4) is 0 Å². The Balaban J connectivity index is 1.65. The molecular formula is C60H116O14. The zero-order valence-electron chi connectivity index (χ0n) is 47.4. The molecule has 440 valence electrons. The van der Waals surface area contributed by atoms with Crippen molar-refractivity contribution in [1.29, 1.82) is 0 Å². The van der Waals surface area contributed by atoms with E-state index >= 15 is 0 Å². The van der Waals surface area contributed by atoms with Gasteiger partial charge in [-0.05, 0) is 12.8 Å². The molecule has 11 atom stereocenters. The minimum absolute atomic E-state index is 0.0711. The van der Waals surface area contributed by atoms with Crippen LogP contribution in [0.25, 0.3) is 0 Å². The Morgan fingerprint density at radius 3 is 1.09 bits per heavy atom. The lowest BCUT2D eigenvalue weighted by Crippen LogP contribution is -2.61. The first-order valence-electron chi connectivity index (χ1n) is 31.1. The summed E-state index contributed by atoms with van der Waals surface area (Å²) in [7, 11) is 0. The lowest BCUT2D eigenvalue weighted by Gasteiger charge is -2.42. The van der Waals surface area contributed by atoms with Gasteiger partial charge in [0.25, 0.3) is 0 Å². The van der Waals surface area contributed by atoms with Crippen LogP contribution in [0.15, 0.2) is 0 Å². The fraction of sp³-hybridized carbons (Fsp3) is 0.983. The molecule has 0 bridgehead atoms. The molecule has 2 saturated heterocycles. The average molecular weight is 1060 g/mol. The van der Waals surface area contributed by atoms with Crippen molar-refractivity contribution in [3.05, 3.63) is 0 Å². The molecule has 2 aliphatic heterocycles. The molecule has 11 unspecified atom stereocenters. The molecule has 0 aromatic heterocycles. The minimum atomic E-state index is -1.70. The van der Waals surface area contributed by atoms with E-state index in [1.165, 1.54) is 212 Å². The number of aliphatic hydroxyl groups excluding tert-OH is 7. The molecule has 0 spiro atoms. The van der Waals surface area contributed by atoms with Gasteiger partial charge >= 0.3 is 5.97 Å². The standard InChI is InChI=1S/C60H116O14/c1-3-5-7-9-11-13-15-17-19-20-21-22-23-24-25-26-27-28-30-32-34-36-38-40-42-44-69-46-49(72-52(62)43-41-39-37-35-33-31-29-18-16-14-12-10-8-6-4-2)47-70-59-58(68)56(66)54(64)51(74-59)48-71-60-57(67)55(65)53(63)50(45-61)73-60/h49-51,53-61,63-68H,3-48H2,1-2H3. The van der Waals surface area contributed by atoms with Gasteiger partial charge in [-0.15, -0.1) is 0 Å². The predicted octanol–water partition coefficient (Wildman–Crippen LogP) is 11.6. The topological polar surface area (TPSA) is 214 Å². The molecule has 2 fully saturated rings. The van der Waals surface area contributed by atoms with Crippen LogP contribution >= 0.6 is 0 Å². The molecule has 0 aliphatic carbocycles. The van der Waals surface area contributed by atoms with Gasteiger partial charge in [-0.2, -0.15) is 0 Å². The summed E-state index contributed by atoms with van der Waals surface area (Å²) < 4.78 is 34.5. The summed E-state index contributed by atoms with van der Waals surface area (Å²) in [6, 6.07) is 0. The lowest BCUT2D eigenvalue weighted by atomic mass is 9.98. The van der Waals surface area contributed by atoms with Gasteiger partial charge in [0.2, 0.25) is 0 Å². The molecule has 2 rings (SSSR count). The van der Waals surface area contributed by atoms with E-state index < -0.39 is 80.7 Å². The number of rotatable bonds is 52. The third kappa shape index (κ3) is 34.1. The maximum absolute atomic E-state index is 13.1. The van der Waals surface area contributed by atoms with Crippen molar-refractivity contribution in [2.24, 2.45) is 0 Å². The monoisotopic (exact) mass is 1060 g/mol. The Morgan fingerprint density at radius 2 is 0.716 bits per heavy atom. The summed E-state index contributed by atoms with van der Waals surface area (Å²) in [6.07, 6.45) is 36.0. The van der Waals surface area contributed by atoms with Crippen molar-refractivity contribution in [1.82, 2.24) is 0 Å². The van der Waals surface area contributed by atoms with Gasteiger partial charge < -0.3 is 64.2 Å². The van der Waals surface area contributed by atoms with E-state index in [4.69, 9.17) is 28.4 Å². The highest BCUT2D eigenvalue weighted by Gasteiger charge is 2.47. The summed E-state index contributed by atoms with van der Waals surface area (Å²) in [5.74, 6) is -0.367. The van der Waals surface area contributed by atoms with Crippen LogP contribution in [-0.4, -0.2) is 142 Å². The number of hydrogen-bond acceptors (Lipinski definition) is 14. The van der Waals surface area contributed by atoms with Gasteiger partial charge in [-0.25, -0.2) is 0 Å². The Morgan fingerprint density at radius 1 is 0.392 bits per heavy atom. The fourth-order valence-electron chi connectivity index (χ4n) is 10.3. The van der Waals surface area contributed by atoms with Crippen LogP contribution in [0.5, 0.6) is 0 Å². The van der Waals surface area contributed by atoms with Crippen LogP contribution in [-0.2, 0) is 33.2 Å². The molecule has 74 heavy (non-hydrogen) atoms. The van der Waals surface area contributed by atoms with Gasteiger partial charge in [-0.3, -0.25) is 4.79 Å². The van der Waals surface area contributed by atoms with Gasteiger partial charge in [0.05, 0.1) is 26.4 Å². The second-order valence-corrected chi connectivity index (χ2v) is 22.3. The first-order chi connectivity index (χ1) is 36.1. The van der Waals surface area contributed by atoms with Crippen molar-refractivity contribution in [2.75, 3.05) is 33.0 Å². The third-order valence-corrected chi connectivity index (χ3v) is 15.4. The van der Waals surface area contributed by atoms with Crippen LogP contribution in [0.3, 0.4) is 0 Å². The van der Waals surface area contributed by atoms with Crippen molar-refractivity contribution >= 4 is 5.97 Å². The smallest absolute Gasteiger partial charge is 0.306 e. The molecule has 0 aromatic rings. The molecule has 0 aromatic carbocycles. The molecule has 14 nitrogen and oxygen atoms in total. The Hall–Kier alpha value is -1.01. The maximum atomic E-state index is 13.1. The van der Waals surface area contributed by atoms with Crippen LogP contribution in [0, 0.1) is 0 Å². The van der Waals surface area contributed by atoms with E-state index in [0.29, 0.717) is 6.61 Å². The van der Waals surface area contributed by atoms with Crippen LogP contribution in [0.2, 0.25) is 0 Å². The first kappa shape index (κ1) is 69.1. The SMILES string of the molecule is CCCCCCCCCCCCCCCCCCCCCCCCCCCOCC(COC1OC(COC2OC(CO)C(O)C(O)C2O)C(O)C(O)C1O)OC(=O)CCCCCCCCCCCCCCCCC. The Bertz CT molecular complexity index is 1230. The third-order valence-electron chi connectivity index (χ3n) is 15.4. The Kier molecular flexibility index (Phi) is 44.8. The van der Waals surface area contributed by atoms with Crippen LogP contribution in [0.4, 0.5) is 0 Å². The number of ether oxygens (including phenoxy) is 6. The van der Waals surface area contributed by atoms with Crippen molar-refractivity contribution in [3.63, 3.8) is 0 Å². The second kappa shape index (κ2) is 47.9. The molecule has 0 saturated carbocycles. The number of esters is 1. The van der Waals surface area contributed by atoms with E-state index in [0.717, 1.165) is 44.9 Å². The number of carbonyl (C=O) groups excluding carboxylic acids is 1. The minimum Gasteiger partial charge on any atom is -0.457 e. The zero-order chi connectivity index (χ0) is 53.7. The van der Waals surface area contributed by atoms with Crippen LogP contribution < -0.4 is 0 Å². The van der Waals surface area contributed by atoms with E-state index in [1.807, 2.05) is 0 Å². The van der Waals surface area contributed by atoms with E-state index in [1.54, 1.807) is 0 Å². The molecule has 2 aliphatic rings. The quantitative estimate of drug-likeness (QED) is 0.0223. The molecule has 14 heteroatoms. The van der Waals surface area contributed by atoms with E-state index in [9.17, 15) is 40.5 Å². The van der Waals surface area contributed by atoms with Crippen molar-refractivity contribution in [2.45, 2.75) is 345 Å². The van der Waals surface area contributed by atoms with Gasteiger partial charge in [0, 0.05) is 13.0 Å². The molecule has 7 N–H and O–H groups in total. The summed E-state index contributed by atoms with van der Waals surface area (Å²) >= 11 is 0. The number of unbranched alkanes of at least 4 members (excludes halogenated alkanes) is 38. The molecule has 0 radical (unpaired) electrons. The van der Waals surface area contributed by atoms with Gasteiger partial charge in [0.1, 0.15) is 54.9 Å². The highest BCUT2D eigenvalue weighted by atomic mass is 16.7. The average Bonchev–Trinajstić information content (AvgIpc) is 3.40. The molecule has 2 heterocycles. The molecule has 0 amide bonds. The highest BCUT2D eigenvalue weighted by Crippen LogP contribution is 2.27. The highest BCUT2D eigenvalue weighted by molar-refractivity contribution is 5.69. The fourth-order valence-corrected chi connectivity index (χ4v) is 10.3. The number of aliphatic hydroxyl groups is 7. The largest absolute Gasteiger partial charge is 0.457 e. The van der Waals surface area contributed by atoms with E-state index in [2.05, 4.69) is 13.8 Å². The molecular weight excluding hydrogens is 945 g/mol. The van der Waals surface area contributed by atoms with Gasteiger partial charge in [-0.1, -0.05) is 258 Å². The second-order valence-electron chi connectivity index (χ2n) is 22.3. The summed E-state index contributed by atoms with van der Waals surface area (Å²) in [6.45, 7) is 3.77. The summed E-state index contributed by atoms with van der Waals surface area (Å²) in [5.41, 5.74) is 0. The van der Waals surface area contributed by atoms with Crippen LogP contribution in [0.1, 0.15) is 277 Å². The number of hydrogen-bond donors (Lipinski definition) is 7. The zero-order valence-corrected chi connectivity index (χ0v) is 47.4. The van der Waals surface area contributed by atoms with Gasteiger partial charge in [0.15, 0.2) is 12.6 Å². The first-order valence-corrected chi connectivity index (χ1v) is 31.1. The summed E-state index contributed by atoms with van der Waals surface area (Å²) in [4.78, 5) is 13.1. The maximum Gasteiger partial charge on any atom is 0.306 e. The van der Waals surface area contributed by atoms with Crippen molar-refractivity contribution < 1.29 is 69.0 Å². The predicted molar refractivity (Wildman–Crippen MR) is 294 cm³/mol. The normalized spacial score (nSPS) is 24.7. The Labute approximate surface area is 451 Å². The summed E-state index contributed by atoms with van der Waals surface area (Å²) in [5, 5.41) is 72.4.